The Labute approximate surface area is 196 Å². The molecule has 34 heavy (non-hydrogen) atoms. The minimum Gasteiger partial charge on any atom is -0.433 e. The SMILES string of the molecule is C/C(=C\c1ncc(-c2ccc([N+](=O)[O-])o2)o1)C[C@@H]1OC[C@H](C[C@@H]2O[C@H]2[C@@H](C)[C@H](C)O)[C@@H](O)[C@H]1O. The first-order valence-corrected chi connectivity index (χ1v) is 11.3. The number of furan rings is 1. The van der Waals surface area contributed by atoms with Gasteiger partial charge < -0.3 is 33.6 Å². The predicted octanol–water partition coefficient (Wildman–Crippen LogP) is 2.55. The van der Waals surface area contributed by atoms with Crippen molar-refractivity contribution >= 4 is 12.0 Å². The van der Waals surface area contributed by atoms with E-state index in [0.717, 1.165) is 5.57 Å². The van der Waals surface area contributed by atoms with Crippen LogP contribution in [0.25, 0.3) is 17.6 Å². The summed E-state index contributed by atoms with van der Waals surface area (Å²) in [6.07, 6.45) is 0.865. The Morgan fingerprint density at radius 2 is 2.00 bits per heavy atom. The minimum atomic E-state index is -1.06. The third-order valence-electron chi connectivity index (χ3n) is 6.61. The zero-order valence-corrected chi connectivity index (χ0v) is 19.2. The number of nitro groups is 1. The van der Waals surface area contributed by atoms with Gasteiger partial charge in [-0.05, 0) is 38.8 Å². The Balaban J connectivity index is 1.31. The Kier molecular flexibility index (Phi) is 7.20. The van der Waals surface area contributed by atoms with Gasteiger partial charge >= 0.3 is 5.88 Å². The number of rotatable bonds is 9. The van der Waals surface area contributed by atoms with Crippen LogP contribution in [0.4, 0.5) is 5.88 Å². The van der Waals surface area contributed by atoms with Gasteiger partial charge in [0.15, 0.2) is 11.5 Å². The van der Waals surface area contributed by atoms with Crippen molar-refractivity contribution in [3.63, 3.8) is 0 Å². The number of oxazole rings is 1. The molecule has 2 fully saturated rings. The van der Waals surface area contributed by atoms with Crippen LogP contribution in [0, 0.1) is 22.0 Å². The fourth-order valence-corrected chi connectivity index (χ4v) is 4.33. The zero-order valence-electron chi connectivity index (χ0n) is 19.2. The van der Waals surface area contributed by atoms with E-state index in [1.807, 2.05) is 13.8 Å². The number of aliphatic hydroxyl groups is 3. The predicted molar refractivity (Wildman–Crippen MR) is 118 cm³/mol. The van der Waals surface area contributed by atoms with E-state index in [-0.39, 0.29) is 47.3 Å². The summed E-state index contributed by atoms with van der Waals surface area (Å²) in [4.78, 5) is 14.3. The highest BCUT2D eigenvalue weighted by molar-refractivity contribution is 5.53. The molecule has 186 valence electrons. The Hall–Kier alpha value is -2.57. The molecule has 8 atom stereocenters. The van der Waals surface area contributed by atoms with E-state index in [9.17, 15) is 25.4 Å². The molecule has 0 aromatic carbocycles. The Bertz CT molecular complexity index is 1030. The van der Waals surface area contributed by atoms with Crippen LogP contribution in [-0.4, -0.2) is 68.5 Å². The van der Waals surface area contributed by atoms with E-state index in [0.29, 0.717) is 19.4 Å². The van der Waals surface area contributed by atoms with E-state index in [4.69, 9.17) is 18.3 Å². The van der Waals surface area contributed by atoms with Crippen molar-refractivity contribution in [2.24, 2.45) is 11.8 Å². The maximum absolute atomic E-state index is 10.8. The van der Waals surface area contributed by atoms with E-state index < -0.39 is 29.3 Å². The van der Waals surface area contributed by atoms with Crippen LogP contribution in [0.2, 0.25) is 0 Å². The number of nitrogens with zero attached hydrogens (tertiary/aromatic N) is 2. The van der Waals surface area contributed by atoms with Crippen molar-refractivity contribution in [1.29, 1.82) is 0 Å². The van der Waals surface area contributed by atoms with Crippen molar-refractivity contribution < 1.29 is 38.6 Å². The van der Waals surface area contributed by atoms with E-state index in [1.165, 1.54) is 18.3 Å². The average molecular weight is 478 g/mol. The van der Waals surface area contributed by atoms with Crippen molar-refractivity contribution in [3.8, 4) is 11.5 Å². The Morgan fingerprint density at radius 3 is 2.68 bits per heavy atom. The fourth-order valence-electron chi connectivity index (χ4n) is 4.33. The lowest BCUT2D eigenvalue weighted by molar-refractivity contribution is -0.401. The van der Waals surface area contributed by atoms with Gasteiger partial charge in [0.1, 0.15) is 11.0 Å². The molecule has 2 saturated heterocycles. The van der Waals surface area contributed by atoms with Crippen molar-refractivity contribution in [2.45, 2.75) is 70.2 Å². The summed E-state index contributed by atoms with van der Waals surface area (Å²) < 4.78 is 22.2. The molecule has 2 aliphatic rings. The second-order valence-electron chi connectivity index (χ2n) is 9.24. The minimum absolute atomic E-state index is 0.00994. The quantitative estimate of drug-likeness (QED) is 0.277. The monoisotopic (exact) mass is 478 g/mol. The first-order chi connectivity index (χ1) is 16.1. The van der Waals surface area contributed by atoms with Gasteiger partial charge in [0.05, 0.1) is 49.4 Å². The molecular weight excluding hydrogens is 448 g/mol. The molecule has 2 aromatic rings. The largest absolute Gasteiger partial charge is 0.433 e. The molecule has 0 bridgehead atoms. The molecule has 0 aliphatic carbocycles. The molecule has 4 heterocycles. The highest BCUT2D eigenvalue weighted by Gasteiger charge is 2.48. The zero-order chi connectivity index (χ0) is 24.6. The van der Waals surface area contributed by atoms with Crippen molar-refractivity contribution in [1.82, 2.24) is 4.98 Å². The highest BCUT2D eigenvalue weighted by Crippen LogP contribution is 2.38. The molecule has 0 saturated carbocycles. The van der Waals surface area contributed by atoms with Crippen LogP contribution in [0.15, 0.2) is 32.7 Å². The van der Waals surface area contributed by atoms with E-state index in [2.05, 4.69) is 4.98 Å². The van der Waals surface area contributed by atoms with Gasteiger partial charge in [-0.2, -0.15) is 0 Å². The molecule has 11 nitrogen and oxygen atoms in total. The summed E-state index contributed by atoms with van der Waals surface area (Å²) in [7, 11) is 0. The van der Waals surface area contributed by atoms with Crippen LogP contribution in [-0.2, 0) is 9.47 Å². The molecule has 0 amide bonds. The molecule has 11 heteroatoms. The summed E-state index contributed by atoms with van der Waals surface area (Å²) >= 11 is 0. The second-order valence-corrected chi connectivity index (χ2v) is 9.24. The molecule has 0 radical (unpaired) electrons. The number of aromatic nitrogens is 1. The lowest BCUT2D eigenvalue weighted by Gasteiger charge is -2.38. The summed E-state index contributed by atoms with van der Waals surface area (Å²) in [6.45, 7) is 5.79. The maximum atomic E-state index is 10.8. The van der Waals surface area contributed by atoms with Gasteiger partial charge in [-0.3, -0.25) is 10.1 Å². The maximum Gasteiger partial charge on any atom is 0.433 e. The molecule has 2 aromatic heterocycles. The Morgan fingerprint density at radius 1 is 1.24 bits per heavy atom. The fraction of sp³-hybridized carbons (Fsp3) is 0.609. The molecule has 0 spiro atoms. The number of hydrogen-bond donors (Lipinski definition) is 3. The number of aliphatic hydroxyl groups excluding tert-OH is 3. The van der Waals surface area contributed by atoms with Crippen LogP contribution >= 0.6 is 0 Å². The van der Waals surface area contributed by atoms with Crippen molar-refractivity contribution in [3.05, 3.63) is 39.9 Å². The third kappa shape index (κ3) is 5.39. The van der Waals surface area contributed by atoms with Gasteiger partial charge in [-0.25, -0.2) is 4.98 Å². The first-order valence-electron chi connectivity index (χ1n) is 11.3. The smallest absolute Gasteiger partial charge is 0.433 e. The average Bonchev–Trinajstić information content (AvgIpc) is 3.15. The number of epoxide rings is 1. The van der Waals surface area contributed by atoms with Crippen LogP contribution in [0.1, 0.15) is 39.5 Å². The summed E-state index contributed by atoms with van der Waals surface area (Å²) in [5.74, 6) is 0.0982. The number of hydrogen-bond acceptors (Lipinski definition) is 10. The molecule has 2 aliphatic heterocycles. The lowest BCUT2D eigenvalue weighted by Crippen LogP contribution is -2.50. The topological polar surface area (TPSA) is 165 Å². The molecule has 3 N–H and O–H groups in total. The lowest BCUT2D eigenvalue weighted by atomic mass is 9.85. The molecule has 4 rings (SSSR count). The molecular formula is C23H30N2O9. The van der Waals surface area contributed by atoms with E-state index >= 15 is 0 Å². The van der Waals surface area contributed by atoms with Gasteiger partial charge in [-0.1, -0.05) is 12.5 Å². The van der Waals surface area contributed by atoms with Crippen LogP contribution in [0.3, 0.4) is 0 Å². The summed E-state index contributed by atoms with van der Waals surface area (Å²) in [6, 6.07) is 2.67. The number of ether oxygens (including phenoxy) is 2. The van der Waals surface area contributed by atoms with E-state index in [1.54, 1.807) is 13.0 Å². The normalized spacial score (nSPS) is 31.3. The van der Waals surface area contributed by atoms with Crippen LogP contribution in [0.5, 0.6) is 0 Å². The van der Waals surface area contributed by atoms with Crippen molar-refractivity contribution in [2.75, 3.05) is 6.61 Å². The standard InChI is InChI=1S/C23H30N2O9/c1-11(7-19-24-9-18(32-19)15-4-5-20(33-15)25(29)30)6-16-22(28)21(27)14(10-31-16)8-17-23(34-17)12(2)13(3)26/h4-5,7,9,12-14,16-17,21-23,26-28H,6,8,10H2,1-3H3/b11-7+/t12-,13-,14-,16-,17-,21+,22-,23-/m0/s1. The summed E-state index contributed by atoms with van der Waals surface area (Å²) in [5.41, 5.74) is 0.810. The molecule has 0 unspecified atom stereocenters. The van der Waals surface area contributed by atoms with Gasteiger partial charge in [0, 0.05) is 11.8 Å². The highest BCUT2D eigenvalue weighted by atomic mass is 16.6. The second kappa shape index (κ2) is 9.96. The first kappa shape index (κ1) is 24.6. The third-order valence-corrected chi connectivity index (χ3v) is 6.61. The summed E-state index contributed by atoms with van der Waals surface area (Å²) in [5, 5.41) is 41.8. The van der Waals surface area contributed by atoms with Crippen LogP contribution < -0.4 is 0 Å². The van der Waals surface area contributed by atoms with Gasteiger partial charge in [-0.15, -0.1) is 0 Å². The van der Waals surface area contributed by atoms with Gasteiger partial charge in [0.25, 0.3) is 0 Å². The van der Waals surface area contributed by atoms with Gasteiger partial charge in [0.2, 0.25) is 5.89 Å².